The van der Waals surface area contributed by atoms with Gasteiger partial charge in [-0.2, -0.15) is 0 Å². The van der Waals surface area contributed by atoms with E-state index < -0.39 is 0 Å². The highest BCUT2D eigenvalue weighted by Gasteiger charge is 2.23. The average molecular weight is 987 g/mol. The third-order valence-electron chi connectivity index (χ3n) is 12.3. The van der Waals surface area contributed by atoms with E-state index in [0.717, 1.165) is 39.7 Å². The molecule has 10 rings (SSSR count). The molecule has 0 N–H and O–H groups in total. The van der Waals surface area contributed by atoms with Gasteiger partial charge < -0.3 is 24.5 Å². The van der Waals surface area contributed by atoms with E-state index >= 15 is 0 Å². The van der Waals surface area contributed by atoms with E-state index in [4.69, 9.17) is 0 Å². The molecule has 0 bridgehead atoms. The molecule has 5 aliphatic rings. The number of benzene rings is 3. The fourth-order valence-electron chi connectivity index (χ4n) is 8.52. The molecule has 0 spiro atoms. The normalized spacial score (nSPS) is 14.9. The number of nitrogens with zero attached hydrogens (tertiary/aromatic N) is 6. The Morgan fingerprint density at radius 1 is 0.465 bits per heavy atom. The van der Waals surface area contributed by atoms with Gasteiger partial charge in [0, 0.05) is 101 Å². The number of aryl methyl sites for hydroxylation is 1. The van der Waals surface area contributed by atoms with Crippen molar-refractivity contribution >= 4 is 81.3 Å². The van der Waals surface area contributed by atoms with E-state index in [9.17, 15) is 4.39 Å². The van der Waals surface area contributed by atoms with Crippen molar-refractivity contribution in [2.24, 2.45) is 0 Å². The number of aromatic nitrogens is 1. The van der Waals surface area contributed by atoms with E-state index in [1.165, 1.54) is 49.3 Å². The Hall–Kier alpha value is -6.68. The van der Waals surface area contributed by atoms with Crippen LogP contribution in [0.5, 0.6) is 0 Å². The standard InChI is InChI=1S/C14H17N.C13H14FN.C13H15N.C11H13NS.C10H12N2S.CH4/c1-10(2)15-8-7-13-9-11(3)5-6-14(13)12(15)4;1-9(2)15-8-13(14)12-7-5-4-6-11(12)10(15)3;1-10(2)14-9-8-12-6-4-5-7-13(12)11(14)3;1-8(2)12-6-4-10-5-7-13-11(10)9(12)3;1-7(2)12-5-4-9-10(8(12)3)13-6-11-9;/h5-10H,4H2,1-3H3;4-9H,3H2,1-2H3;4-10H,3H2,1-2H3;4-8H,3H2,1-2H3;4-7H,3H2,1-2H3;1H4. The van der Waals surface area contributed by atoms with E-state index in [1.807, 2.05) is 48.5 Å². The number of thiazole rings is 1. The zero-order valence-corrected chi connectivity index (χ0v) is 44.7. The molecule has 7 heterocycles. The van der Waals surface area contributed by atoms with E-state index in [1.54, 1.807) is 28.7 Å². The minimum Gasteiger partial charge on any atom is -0.345 e. The third kappa shape index (κ3) is 12.8. The van der Waals surface area contributed by atoms with Crippen LogP contribution < -0.4 is 0 Å². The predicted octanol–water partition coefficient (Wildman–Crippen LogP) is 17.5. The first-order valence-corrected chi connectivity index (χ1v) is 25.8. The largest absolute Gasteiger partial charge is 0.345 e. The quantitative estimate of drug-likeness (QED) is 0.174. The maximum atomic E-state index is 13.7. The van der Waals surface area contributed by atoms with E-state index in [0.29, 0.717) is 29.7 Å². The summed E-state index contributed by atoms with van der Waals surface area (Å²) in [5, 5.41) is 2.12. The number of hydrogen-bond acceptors (Lipinski definition) is 8. The summed E-state index contributed by atoms with van der Waals surface area (Å²) in [7, 11) is 0. The summed E-state index contributed by atoms with van der Waals surface area (Å²) in [6.45, 7) is 44.0. The lowest BCUT2D eigenvalue weighted by Gasteiger charge is -2.31. The lowest BCUT2D eigenvalue weighted by Crippen LogP contribution is -2.26. The molecule has 2 aromatic heterocycles. The minimum absolute atomic E-state index is 0. The maximum Gasteiger partial charge on any atom is 0.147 e. The summed E-state index contributed by atoms with van der Waals surface area (Å²) in [6, 6.07) is 26.5. The van der Waals surface area contributed by atoms with Gasteiger partial charge in [-0.1, -0.05) is 113 Å². The Morgan fingerprint density at radius 3 is 1.49 bits per heavy atom. The Bertz CT molecular complexity index is 2810. The zero-order chi connectivity index (χ0) is 51.0. The van der Waals surface area contributed by atoms with Crippen LogP contribution in [0.4, 0.5) is 4.39 Å². The number of fused-ring (bicyclic) bond motifs is 5. The molecule has 9 heteroatoms. The van der Waals surface area contributed by atoms with Crippen molar-refractivity contribution in [2.75, 3.05) is 0 Å². The van der Waals surface area contributed by atoms with E-state index in [-0.39, 0.29) is 19.3 Å². The molecule has 0 aliphatic carbocycles. The van der Waals surface area contributed by atoms with Crippen LogP contribution in [0.15, 0.2) is 148 Å². The number of halogens is 1. The smallest absolute Gasteiger partial charge is 0.147 e. The molecular weight excluding hydrogens is 912 g/mol. The van der Waals surface area contributed by atoms with Crippen molar-refractivity contribution in [1.82, 2.24) is 29.5 Å². The molecule has 0 amide bonds. The molecule has 372 valence electrons. The summed E-state index contributed by atoms with van der Waals surface area (Å²) in [4.78, 5) is 17.4. The van der Waals surface area contributed by atoms with Crippen molar-refractivity contribution < 1.29 is 4.39 Å². The second kappa shape index (κ2) is 24.4. The zero-order valence-electron chi connectivity index (χ0n) is 43.1. The summed E-state index contributed by atoms with van der Waals surface area (Å²) in [5.74, 6) is -0.188. The molecule has 3 aromatic carbocycles. The number of rotatable bonds is 5. The van der Waals surface area contributed by atoms with Gasteiger partial charge >= 0.3 is 0 Å². The van der Waals surface area contributed by atoms with Gasteiger partial charge in [0.25, 0.3) is 0 Å². The van der Waals surface area contributed by atoms with Gasteiger partial charge in [0.15, 0.2) is 0 Å². The highest BCUT2D eigenvalue weighted by Crippen LogP contribution is 2.36. The molecule has 0 saturated carbocycles. The fourth-order valence-corrected chi connectivity index (χ4v) is 10.1. The van der Waals surface area contributed by atoms with Crippen LogP contribution in [0.3, 0.4) is 0 Å². The molecule has 5 aliphatic heterocycles. The lowest BCUT2D eigenvalue weighted by molar-refractivity contribution is 0.430. The summed E-state index contributed by atoms with van der Waals surface area (Å²) in [5.41, 5.74) is 17.3. The number of hydrogen-bond donors (Lipinski definition) is 0. The van der Waals surface area contributed by atoms with Crippen LogP contribution >= 0.6 is 22.7 Å². The van der Waals surface area contributed by atoms with Crippen molar-refractivity contribution in [1.29, 1.82) is 0 Å². The van der Waals surface area contributed by atoms with Crippen LogP contribution in [-0.4, -0.2) is 59.7 Å². The van der Waals surface area contributed by atoms with Gasteiger partial charge in [-0.3, -0.25) is 0 Å². The summed E-state index contributed by atoms with van der Waals surface area (Å²) >= 11 is 3.41. The van der Waals surface area contributed by atoms with Gasteiger partial charge in [-0.05, 0) is 129 Å². The average Bonchev–Trinajstić information content (AvgIpc) is 4.03. The minimum atomic E-state index is -0.188. The van der Waals surface area contributed by atoms with Crippen molar-refractivity contribution in [3.63, 3.8) is 0 Å². The summed E-state index contributed by atoms with van der Waals surface area (Å²) in [6.07, 6.45) is 18.4. The molecule has 0 radical (unpaired) electrons. The Kier molecular flexibility index (Phi) is 19.0. The van der Waals surface area contributed by atoms with Crippen molar-refractivity contribution in [2.45, 2.75) is 114 Å². The van der Waals surface area contributed by atoms with Crippen LogP contribution in [0.1, 0.15) is 137 Å². The van der Waals surface area contributed by atoms with Crippen LogP contribution in [-0.2, 0) is 0 Å². The fraction of sp³-hybridized carbons (Fsp3) is 0.274. The first kappa shape index (κ1) is 55.2. The lowest BCUT2D eigenvalue weighted by atomic mass is 9.98. The molecule has 0 saturated heterocycles. The molecule has 0 fully saturated rings. The topological polar surface area (TPSA) is 29.1 Å². The maximum absolute atomic E-state index is 13.7. The van der Waals surface area contributed by atoms with Crippen molar-refractivity contribution in [3.8, 4) is 0 Å². The Labute approximate surface area is 434 Å². The number of thiophene rings is 1. The highest BCUT2D eigenvalue weighted by atomic mass is 32.1. The van der Waals surface area contributed by atoms with Crippen molar-refractivity contribution in [3.05, 3.63) is 208 Å². The Morgan fingerprint density at radius 2 is 0.915 bits per heavy atom. The van der Waals surface area contributed by atoms with Crippen LogP contribution in [0.25, 0.3) is 58.6 Å². The van der Waals surface area contributed by atoms with Crippen LogP contribution in [0, 0.1) is 6.92 Å². The first-order chi connectivity index (χ1) is 33.3. The second-order valence-corrected chi connectivity index (χ2v) is 20.7. The van der Waals surface area contributed by atoms with Gasteiger partial charge in [0.05, 0.1) is 32.4 Å². The van der Waals surface area contributed by atoms with Crippen LogP contribution in [0.2, 0.25) is 0 Å². The van der Waals surface area contributed by atoms with E-state index in [2.05, 4.69) is 217 Å². The van der Waals surface area contributed by atoms with Gasteiger partial charge in [-0.15, -0.1) is 22.7 Å². The molecule has 71 heavy (non-hydrogen) atoms. The van der Waals surface area contributed by atoms with Gasteiger partial charge in [0.2, 0.25) is 0 Å². The highest BCUT2D eigenvalue weighted by molar-refractivity contribution is 7.11. The molecule has 5 aromatic rings. The van der Waals surface area contributed by atoms with Gasteiger partial charge in [0.1, 0.15) is 5.83 Å². The Balaban J connectivity index is 0.000000165. The second-order valence-electron chi connectivity index (χ2n) is 19.0. The predicted molar refractivity (Wildman–Crippen MR) is 312 cm³/mol. The SMILES string of the molecule is C.C=C1c2ccc(C)cc2C=CN1C(C)C.C=C1c2ccccc2C(F)=CN1C(C)C.C=C1c2ccccc2C=CN1C(C)C.C=C1c2sccc2C=CN1C(C)C.C=C1c2scnc2C=CN1C(C)C. The molecule has 0 unspecified atom stereocenters. The monoisotopic (exact) mass is 987 g/mol. The molecule has 6 nitrogen and oxygen atoms in total. The summed E-state index contributed by atoms with van der Waals surface area (Å²) < 4.78 is 13.7. The third-order valence-corrected chi connectivity index (χ3v) is 14.2. The first-order valence-electron chi connectivity index (χ1n) is 24.1. The van der Waals surface area contributed by atoms with Gasteiger partial charge in [-0.25, -0.2) is 9.37 Å². The molecule has 0 atom stereocenters. The molecular formula is C62H75FN6S2.